The normalized spacial score (nSPS) is 12.5. The average molecular weight is 315 g/mol. The molecule has 1 unspecified atom stereocenters. The summed E-state index contributed by atoms with van der Waals surface area (Å²) in [6.45, 7) is 5.04. The van der Waals surface area contributed by atoms with Gasteiger partial charge in [0.1, 0.15) is 5.82 Å². The van der Waals surface area contributed by atoms with Gasteiger partial charge in [0.15, 0.2) is 0 Å². The maximum atomic E-state index is 13.8. The summed E-state index contributed by atoms with van der Waals surface area (Å²) < 4.78 is 13.8. The van der Waals surface area contributed by atoms with Crippen LogP contribution in [0.2, 0.25) is 5.02 Å². The molecule has 0 spiro atoms. The Morgan fingerprint density at radius 2 is 2.05 bits per heavy atom. The molecule has 0 N–H and O–H groups in total. The van der Waals surface area contributed by atoms with E-state index in [4.69, 9.17) is 11.6 Å². The topological polar surface area (TPSA) is 23.6 Å². The zero-order valence-electron chi connectivity index (χ0n) is 13.2. The molecule has 0 fully saturated rings. The molecule has 0 heterocycles. The Morgan fingerprint density at radius 3 is 2.62 bits per heavy atom. The molecule has 0 radical (unpaired) electrons. The van der Waals surface area contributed by atoms with Gasteiger partial charge in [0.2, 0.25) is 5.91 Å². The first-order valence-electron chi connectivity index (χ1n) is 7.26. The fraction of sp³-hybridized carbons (Fsp3) is 0.562. The number of nitrogens with zero attached hydrogens (tertiary/aromatic N) is 2. The molecule has 3 nitrogen and oxygen atoms in total. The zero-order chi connectivity index (χ0) is 16.0. The molecule has 0 aliphatic carbocycles. The predicted octanol–water partition coefficient (Wildman–Crippen LogP) is 3.56. The lowest BCUT2D eigenvalue weighted by Gasteiger charge is -2.28. The van der Waals surface area contributed by atoms with E-state index in [2.05, 4.69) is 6.92 Å². The third-order valence-electron chi connectivity index (χ3n) is 3.72. The summed E-state index contributed by atoms with van der Waals surface area (Å²) in [5.41, 5.74) is 0.360. The third-order valence-corrected chi connectivity index (χ3v) is 4.07. The summed E-state index contributed by atoms with van der Waals surface area (Å²) in [5, 5.41) is 0.349. The molecule has 1 rings (SSSR count). The molecular formula is C16H24ClFN2O. The van der Waals surface area contributed by atoms with Crippen molar-refractivity contribution in [3.63, 3.8) is 0 Å². The van der Waals surface area contributed by atoms with E-state index in [9.17, 15) is 9.18 Å². The third kappa shape index (κ3) is 4.97. The molecular weight excluding hydrogens is 291 g/mol. The number of benzene rings is 1. The van der Waals surface area contributed by atoms with E-state index < -0.39 is 0 Å². The number of amides is 1. The van der Waals surface area contributed by atoms with Crippen molar-refractivity contribution >= 4 is 17.5 Å². The van der Waals surface area contributed by atoms with Gasteiger partial charge in [0, 0.05) is 24.2 Å². The van der Waals surface area contributed by atoms with Gasteiger partial charge in [-0.2, -0.15) is 0 Å². The van der Waals surface area contributed by atoms with Gasteiger partial charge in [-0.15, -0.1) is 0 Å². The maximum Gasteiger partial charge on any atom is 0.239 e. The van der Waals surface area contributed by atoms with Crippen LogP contribution in [0.4, 0.5) is 4.39 Å². The van der Waals surface area contributed by atoms with Crippen LogP contribution >= 0.6 is 11.6 Å². The van der Waals surface area contributed by atoms with Crippen molar-refractivity contribution in [1.82, 2.24) is 9.80 Å². The monoisotopic (exact) mass is 314 g/mol. The second-order valence-corrected chi connectivity index (χ2v) is 5.81. The quantitative estimate of drug-likeness (QED) is 0.768. The Labute approximate surface area is 131 Å². The molecule has 1 aromatic carbocycles. The van der Waals surface area contributed by atoms with Crippen molar-refractivity contribution in [3.05, 3.63) is 34.6 Å². The summed E-state index contributed by atoms with van der Waals surface area (Å²) in [4.78, 5) is 15.9. The largest absolute Gasteiger partial charge is 0.340 e. The number of unbranched alkanes of at least 4 members (excludes halogenated alkanes) is 1. The number of halogens is 2. The van der Waals surface area contributed by atoms with Crippen molar-refractivity contribution in [1.29, 1.82) is 0 Å². The smallest absolute Gasteiger partial charge is 0.239 e. The number of carbonyl (C=O) groups is 1. The molecule has 0 aliphatic heterocycles. The van der Waals surface area contributed by atoms with Gasteiger partial charge in [0.25, 0.3) is 0 Å². The second-order valence-electron chi connectivity index (χ2n) is 5.40. The van der Waals surface area contributed by atoms with E-state index >= 15 is 0 Å². The van der Waals surface area contributed by atoms with Crippen molar-refractivity contribution in [3.8, 4) is 0 Å². The van der Waals surface area contributed by atoms with Crippen LogP contribution in [-0.4, -0.2) is 42.4 Å². The predicted molar refractivity (Wildman–Crippen MR) is 84.9 cm³/mol. The van der Waals surface area contributed by atoms with E-state index in [0.29, 0.717) is 10.6 Å². The Morgan fingerprint density at radius 1 is 1.38 bits per heavy atom. The highest BCUT2D eigenvalue weighted by Crippen LogP contribution is 2.20. The van der Waals surface area contributed by atoms with Gasteiger partial charge in [-0.3, -0.25) is 9.69 Å². The molecule has 1 amide bonds. The maximum absolute atomic E-state index is 13.8. The highest BCUT2D eigenvalue weighted by molar-refractivity contribution is 6.31. The molecule has 21 heavy (non-hydrogen) atoms. The van der Waals surface area contributed by atoms with Crippen LogP contribution in [0.25, 0.3) is 0 Å². The first-order chi connectivity index (χ1) is 9.88. The van der Waals surface area contributed by atoms with Crippen LogP contribution < -0.4 is 0 Å². The van der Waals surface area contributed by atoms with Crippen molar-refractivity contribution in [2.45, 2.75) is 39.3 Å². The summed E-state index contributed by atoms with van der Waals surface area (Å²) in [5.74, 6) is -0.415. The lowest BCUT2D eigenvalue weighted by molar-refractivity contribution is -0.135. The van der Waals surface area contributed by atoms with E-state index in [-0.39, 0.29) is 24.3 Å². The number of hydrogen-bond donors (Lipinski definition) is 0. The molecule has 0 saturated carbocycles. The standard InChI is InChI=1S/C16H24ClFN2O/c1-5-6-10-19(3)12(2)16(21)20(4)11-13-14(17)8-7-9-15(13)18/h7-9,12H,5-6,10-11H2,1-4H3. The summed E-state index contributed by atoms with van der Waals surface area (Å²) in [7, 11) is 3.61. The summed E-state index contributed by atoms with van der Waals surface area (Å²) in [6.07, 6.45) is 2.14. The van der Waals surface area contributed by atoms with Crippen LogP contribution in [0.1, 0.15) is 32.3 Å². The van der Waals surface area contributed by atoms with Crippen molar-refractivity contribution in [2.75, 3.05) is 20.6 Å². The van der Waals surface area contributed by atoms with E-state index in [1.807, 2.05) is 18.9 Å². The molecule has 0 bridgehead atoms. The van der Waals surface area contributed by atoms with Crippen LogP contribution in [0.3, 0.4) is 0 Å². The second kappa shape index (κ2) is 8.35. The SMILES string of the molecule is CCCCN(C)C(C)C(=O)N(C)Cc1c(F)cccc1Cl. The van der Waals surface area contributed by atoms with Gasteiger partial charge in [0.05, 0.1) is 6.04 Å². The number of rotatable bonds is 7. The van der Waals surface area contributed by atoms with E-state index in [1.54, 1.807) is 19.2 Å². The van der Waals surface area contributed by atoms with Crippen LogP contribution in [0.5, 0.6) is 0 Å². The molecule has 1 aromatic rings. The zero-order valence-corrected chi connectivity index (χ0v) is 14.0. The summed E-state index contributed by atoms with van der Waals surface area (Å²) in [6, 6.07) is 4.32. The van der Waals surface area contributed by atoms with Gasteiger partial charge >= 0.3 is 0 Å². The van der Waals surface area contributed by atoms with Crippen LogP contribution in [-0.2, 0) is 11.3 Å². The molecule has 1 atom stereocenters. The molecule has 0 aliphatic rings. The van der Waals surface area contributed by atoms with Gasteiger partial charge < -0.3 is 4.90 Å². The van der Waals surface area contributed by atoms with Crippen molar-refractivity contribution < 1.29 is 9.18 Å². The van der Waals surface area contributed by atoms with Crippen molar-refractivity contribution in [2.24, 2.45) is 0 Å². The number of hydrogen-bond acceptors (Lipinski definition) is 2. The number of carbonyl (C=O) groups excluding carboxylic acids is 1. The molecule has 118 valence electrons. The fourth-order valence-electron chi connectivity index (χ4n) is 2.11. The van der Waals surface area contributed by atoms with Gasteiger partial charge in [-0.1, -0.05) is 31.0 Å². The molecule has 5 heteroatoms. The highest BCUT2D eigenvalue weighted by atomic mass is 35.5. The van der Waals surface area contributed by atoms with Crippen LogP contribution in [0, 0.1) is 5.82 Å². The van der Waals surface area contributed by atoms with E-state index in [0.717, 1.165) is 19.4 Å². The minimum Gasteiger partial charge on any atom is -0.340 e. The first kappa shape index (κ1) is 17.9. The Kier molecular flexibility index (Phi) is 7.12. The lowest BCUT2D eigenvalue weighted by atomic mass is 10.1. The summed E-state index contributed by atoms with van der Waals surface area (Å²) >= 11 is 6.00. The highest BCUT2D eigenvalue weighted by Gasteiger charge is 2.22. The Balaban J connectivity index is 2.70. The van der Waals surface area contributed by atoms with Crippen LogP contribution in [0.15, 0.2) is 18.2 Å². The van der Waals surface area contributed by atoms with E-state index in [1.165, 1.54) is 11.0 Å². The average Bonchev–Trinajstić information content (AvgIpc) is 2.46. The lowest BCUT2D eigenvalue weighted by Crippen LogP contribution is -2.44. The van der Waals surface area contributed by atoms with Gasteiger partial charge in [-0.25, -0.2) is 4.39 Å². The number of likely N-dealkylation sites (N-methyl/N-ethyl adjacent to an activating group) is 2. The first-order valence-corrected chi connectivity index (χ1v) is 7.64. The fourth-order valence-corrected chi connectivity index (χ4v) is 2.33. The van der Waals surface area contributed by atoms with Gasteiger partial charge in [-0.05, 0) is 39.1 Å². The minimum absolute atomic E-state index is 0.0343. The Bertz CT molecular complexity index is 461. The minimum atomic E-state index is -0.380. The molecule has 0 saturated heterocycles. The Hall–Kier alpha value is -1.13. The molecule has 0 aromatic heterocycles.